The molecule has 24 heavy (non-hydrogen) atoms. The third-order valence-corrected chi connectivity index (χ3v) is 7.78. The van der Waals surface area contributed by atoms with Gasteiger partial charge in [0.15, 0.2) is 4.21 Å². The van der Waals surface area contributed by atoms with E-state index in [9.17, 15) is 23.1 Å². The van der Waals surface area contributed by atoms with E-state index in [1.807, 2.05) is 0 Å². The van der Waals surface area contributed by atoms with Crippen LogP contribution < -0.4 is 11.1 Å². The Hall–Kier alpha value is -1.68. The van der Waals surface area contributed by atoms with Gasteiger partial charge in [0, 0.05) is 6.42 Å². The van der Waals surface area contributed by atoms with Crippen LogP contribution in [0.5, 0.6) is 0 Å². The summed E-state index contributed by atoms with van der Waals surface area (Å²) in [6, 6.07) is 1.08. The number of carbonyl (C=O) groups excluding carboxylic acids is 2. The summed E-state index contributed by atoms with van der Waals surface area (Å²) in [6.07, 6.45) is 4.89. The maximum atomic E-state index is 12.8. The maximum absolute atomic E-state index is 12.8. The lowest BCUT2D eigenvalue weighted by atomic mass is 10.2. The first kappa shape index (κ1) is 18.7. The van der Waals surface area contributed by atoms with Gasteiger partial charge in [-0.25, -0.2) is 8.42 Å². The van der Waals surface area contributed by atoms with Crippen LogP contribution in [0.2, 0.25) is 0 Å². The van der Waals surface area contributed by atoms with Crippen LogP contribution in [0.15, 0.2) is 34.6 Å². The number of anilines is 1. The Balaban J connectivity index is 2.48. The summed E-state index contributed by atoms with van der Waals surface area (Å²) in [7, 11) is -4.03. The highest BCUT2D eigenvalue weighted by atomic mass is 35.5. The zero-order chi connectivity index (χ0) is 18.1. The van der Waals surface area contributed by atoms with Crippen LogP contribution in [-0.4, -0.2) is 35.6 Å². The molecule has 4 N–H and O–H groups in total. The molecule has 1 aliphatic rings. The van der Waals surface area contributed by atoms with Crippen molar-refractivity contribution in [2.75, 3.05) is 5.32 Å². The molecule has 1 aromatic heterocycles. The van der Waals surface area contributed by atoms with E-state index in [4.69, 9.17) is 17.3 Å². The molecule has 2 atom stereocenters. The lowest BCUT2D eigenvalue weighted by Gasteiger charge is -2.22. The van der Waals surface area contributed by atoms with E-state index in [0.717, 1.165) is 6.07 Å². The standard InChI is InChI=1S/C14H15ClN2O5S2/c1-8(18)12(20)17-13-9(11(16)19)7-10(23-13)24(21,22)14(15)5-3-2-4-6-14/h2-5,7-8,18H,6H2,1H3,(H2,16,19)(H,17,20). The number of halogens is 1. The largest absolute Gasteiger partial charge is 0.384 e. The van der Waals surface area contributed by atoms with Crippen molar-refractivity contribution < 1.29 is 23.1 Å². The van der Waals surface area contributed by atoms with Crippen molar-refractivity contribution in [3.05, 3.63) is 35.9 Å². The minimum absolute atomic E-state index is 0.0532. The van der Waals surface area contributed by atoms with E-state index >= 15 is 0 Å². The SMILES string of the molecule is CC(O)C(=O)Nc1sc(S(=O)(=O)C2(Cl)C=CC=CC2)cc1C(N)=O. The number of alkyl halides is 1. The number of rotatable bonds is 5. The fourth-order valence-corrected chi connectivity index (χ4v) is 5.60. The maximum Gasteiger partial charge on any atom is 0.253 e. The van der Waals surface area contributed by atoms with Gasteiger partial charge in [-0.05, 0) is 19.1 Å². The number of thiophene rings is 1. The third kappa shape index (κ3) is 3.39. The minimum Gasteiger partial charge on any atom is -0.384 e. The minimum atomic E-state index is -4.03. The van der Waals surface area contributed by atoms with Crippen molar-refractivity contribution in [2.45, 2.75) is 27.9 Å². The van der Waals surface area contributed by atoms with E-state index in [1.165, 1.54) is 19.1 Å². The molecule has 0 bridgehead atoms. The first-order valence-electron chi connectivity index (χ1n) is 6.79. The number of sulfone groups is 1. The second-order valence-electron chi connectivity index (χ2n) is 5.12. The molecule has 1 aliphatic carbocycles. The Morgan fingerprint density at radius 2 is 2.12 bits per heavy atom. The molecule has 1 heterocycles. The average Bonchev–Trinajstić information content (AvgIpc) is 2.92. The van der Waals surface area contributed by atoms with Gasteiger partial charge in [-0.1, -0.05) is 29.8 Å². The van der Waals surface area contributed by atoms with Crippen molar-refractivity contribution in [3.8, 4) is 0 Å². The number of primary amides is 1. The Morgan fingerprint density at radius 3 is 2.62 bits per heavy atom. The fourth-order valence-electron chi connectivity index (χ4n) is 1.93. The fraction of sp³-hybridized carbons (Fsp3) is 0.286. The van der Waals surface area contributed by atoms with Crippen molar-refractivity contribution >= 4 is 49.6 Å². The Morgan fingerprint density at radius 1 is 1.46 bits per heavy atom. The molecular weight excluding hydrogens is 376 g/mol. The topological polar surface area (TPSA) is 127 Å². The second-order valence-corrected chi connectivity index (χ2v) is 9.50. The molecule has 2 rings (SSSR count). The first-order valence-corrected chi connectivity index (χ1v) is 9.47. The molecule has 10 heteroatoms. The summed E-state index contributed by atoms with van der Waals surface area (Å²) >= 11 is 6.89. The molecule has 0 aliphatic heterocycles. The van der Waals surface area contributed by atoms with Gasteiger partial charge < -0.3 is 16.2 Å². The van der Waals surface area contributed by atoms with Gasteiger partial charge in [-0.3, -0.25) is 9.59 Å². The number of nitrogens with two attached hydrogens (primary N) is 1. The Labute approximate surface area is 147 Å². The van der Waals surface area contributed by atoms with E-state index in [0.29, 0.717) is 11.3 Å². The van der Waals surface area contributed by atoms with E-state index < -0.39 is 32.0 Å². The molecule has 0 saturated heterocycles. The Kier molecular flexibility index (Phi) is 5.19. The van der Waals surface area contributed by atoms with Crippen LogP contribution >= 0.6 is 22.9 Å². The van der Waals surface area contributed by atoms with E-state index in [2.05, 4.69) is 5.32 Å². The number of carbonyl (C=O) groups is 2. The highest BCUT2D eigenvalue weighted by Crippen LogP contribution is 2.41. The number of hydrogen-bond donors (Lipinski definition) is 3. The number of hydrogen-bond acceptors (Lipinski definition) is 6. The molecule has 7 nitrogen and oxygen atoms in total. The molecule has 0 radical (unpaired) electrons. The van der Waals surface area contributed by atoms with Crippen LogP contribution in [0.25, 0.3) is 0 Å². The monoisotopic (exact) mass is 390 g/mol. The molecule has 0 spiro atoms. The molecule has 0 saturated carbocycles. The van der Waals surface area contributed by atoms with Gasteiger partial charge >= 0.3 is 0 Å². The van der Waals surface area contributed by atoms with Gasteiger partial charge in [-0.2, -0.15) is 0 Å². The van der Waals surface area contributed by atoms with Gasteiger partial charge in [0.2, 0.25) is 9.84 Å². The molecule has 0 fully saturated rings. The van der Waals surface area contributed by atoms with Crippen molar-refractivity contribution in [2.24, 2.45) is 5.73 Å². The average molecular weight is 391 g/mol. The number of amides is 2. The predicted molar refractivity (Wildman–Crippen MR) is 91.8 cm³/mol. The predicted octanol–water partition coefficient (Wildman–Crippen LogP) is 1.39. The smallest absolute Gasteiger partial charge is 0.253 e. The van der Waals surface area contributed by atoms with Gasteiger partial charge in [0.25, 0.3) is 11.8 Å². The van der Waals surface area contributed by atoms with Crippen LogP contribution in [0.3, 0.4) is 0 Å². The summed E-state index contributed by atoms with van der Waals surface area (Å²) in [4.78, 5) is 23.1. The Bertz CT molecular complexity index is 841. The van der Waals surface area contributed by atoms with E-state index in [-0.39, 0.29) is 21.2 Å². The van der Waals surface area contributed by atoms with Crippen LogP contribution in [-0.2, 0) is 14.6 Å². The molecule has 2 amide bonds. The highest BCUT2D eigenvalue weighted by Gasteiger charge is 2.42. The number of nitrogens with one attached hydrogen (secondary N) is 1. The van der Waals surface area contributed by atoms with Gasteiger partial charge in [0.1, 0.15) is 15.3 Å². The third-order valence-electron chi connectivity index (χ3n) is 3.29. The number of aliphatic hydroxyl groups is 1. The molecule has 2 unspecified atom stereocenters. The normalized spacial score (nSPS) is 21.5. The van der Waals surface area contributed by atoms with Gasteiger partial charge in [-0.15, -0.1) is 11.3 Å². The number of allylic oxidation sites excluding steroid dienone is 3. The molecule has 130 valence electrons. The molecular formula is C14H15ClN2O5S2. The highest BCUT2D eigenvalue weighted by molar-refractivity contribution is 7.96. The van der Waals surface area contributed by atoms with Crippen molar-refractivity contribution in [1.82, 2.24) is 0 Å². The van der Waals surface area contributed by atoms with Crippen molar-refractivity contribution in [3.63, 3.8) is 0 Å². The molecule has 0 aromatic carbocycles. The first-order chi connectivity index (χ1) is 11.1. The second kappa shape index (κ2) is 6.67. The summed E-state index contributed by atoms with van der Waals surface area (Å²) in [5.41, 5.74) is 5.07. The zero-order valence-electron chi connectivity index (χ0n) is 12.5. The van der Waals surface area contributed by atoms with Crippen molar-refractivity contribution in [1.29, 1.82) is 0 Å². The van der Waals surface area contributed by atoms with Gasteiger partial charge in [0.05, 0.1) is 5.56 Å². The summed E-state index contributed by atoms with van der Waals surface area (Å²) < 4.78 is 23.7. The summed E-state index contributed by atoms with van der Waals surface area (Å²) in [5, 5.41) is 11.5. The zero-order valence-corrected chi connectivity index (χ0v) is 14.9. The molecule has 1 aromatic rings. The number of aliphatic hydroxyl groups excluding tert-OH is 1. The van der Waals surface area contributed by atoms with Crippen LogP contribution in [0, 0.1) is 0 Å². The quantitative estimate of drug-likeness (QED) is 0.655. The van der Waals surface area contributed by atoms with Crippen LogP contribution in [0.1, 0.15) is 23.7 Å². The van der Waals surface area contributed by atoms with E-state index in [1.54, 1.807) is 12.2 Å². The lowest BCUT2D eigenvalue weighted by Crippen LogP contribution is -2.30. The summed E-state index contributed by atoms with van der Waals surface area (Å²) in [6.45, 7) is 1.23. The summed E-state index contributed by atoms with van der Waals surface area (Å²) in [5.74, 6) is -1.69. The lowest BCUT2D eigenvalue weighted by molar-refractivity contribution is -0.123. The van der Waals surface area contributed by atoms with Crippen LogP contribution in [0.4, 0.5) is 5.00 Å².